The highest BCUT2D eigenvalue weighted by atomic mass is 16.5. The number of carboxylic acid groups (broad SMARTS) is 1. The first-order valence-corrected chi connectivity index (χ1v) is 10.3. The highest BCUT2D eigenvalue weighted by molar-refractivity contribution is 5.83. The summed E-state index contributed by atoms with van der Waals surface area (Å²) < 4.78 is 5.50. The lowest BCUT2D eigenvalue weighted by Crippen LogP contribution is -2.30. The Balaban J connectivity index is 1.22. The zero-order valence-electron chi connectivity index (χ0n) is 16.9. The molecule has 2 aromatic carbocycles. The van der Waals surface area contributed by atoms with E-state index < -0.39 is 12.1 Å². The molecule has 0 aromatic heterocycles. The Morgan fingerprint density at radius 3 is 2.29 bits per heavy atom. The molecule has 0 aliphatic heterocycles. The first kappa shape index (κ1) is 20.7. The number of carboxylic acids is 1. The van der Waals surface area contributed by atoms with E-state index in [9.17, 15) is 14.4 Å². The summed E-state index contributed by atoms with van der Waals surface area (Å²) in [5.74, 6) is -1.26. The minimum atomic E-state index is -1.05. The summed E-state index contributed by atoms with van der Waals surface area (Å²) in [4.78, 5) is 34.6. The van der Waals surface area contributed by atoms with Crippen LogP contribution in [0, 0.1) is 11.8 Å². The third-order valence-electron chi connectivity index (χ3n) is 5.77. The maximum Gasteiger partial charge on any atom is 0.407 e. The number of hydrogen-bond donors (Lipinski definition) is 3. The van der Waals surface area contributed by atoms with Crippen LogP contribution in [0.4, 0.5) is 4.79 Å². The second kappa shape index (κ2) is 9.04. The van der Waals surface area contributed by atoms with Crippen LogP contribution in [0.3, 0.4) is 0 Å². The number of alkyl carbamates (subject to hydrolysis) is 1. The first-order valence-electron chi connectivity index (χ1n) is 10.3. The van der Waals surface area contributed by atoms with Gasteiger partial charge in [-0.2, -0.15) is 0 Å². The number of fused-ring (bicyclic) bond motifs is 3. The SMILES string of the molecule is O=C(O)/C=C/CNC(=O)C1CC1CNC(=O)OCC1c2ccccc2-c2ccccc21. The molecule has 3 N–H and O–H groups in total. The highest BCUT2D eigenvalue weighted by Gasteiger charge is 2.42. The van der Waals surface area contributed by atoms with E-state index in [1.807, 2.05) is 24.3 Å². The normalized spacial score (nSPS) is 18.8. The molecule has 160 valence electrons. The lowest BCUT2D eigenvalue weighted by Gasteiger charge is -2.14. The predicted octanol–water partition coefficient (Wildman–Crippen LogP) is 2.92. The second-order valence-corrected chi connectivity index (χ2v) is 7.79. The zero-order chi connectivity index (χ0) is 21.8. The van der Waals surface area contributed by atoms with Crippen LogP contribution >= 0.6 is 0 Å². The number of aliphatic carboxylic acids is 1. The number of rotatable bonds is 8. The van der Waals surface area contributed by atoms with Gasteiger partial charge < -0.3 is 20.5 Å². The van der Waals surface area contributed by atoms with Gasteiger partial charge in [0.15, 0.2) is 0 Å². The molecule has 0 bridgehead atoms. The fourth-order valence-electron chi connectivity index (χ4n) is 4.11. The van der Waals surface area contributed by atoms with Crippen molar-refractivity contribution in [2.75, 3.05) is 19.7 Å². The van der Waals surface area contributed by atoms with E-state index in [1.54, 1.807) is 0 Å². The van der Waals surface area contributed by atoms with Crippen molar-refractivity contribution < 1.29 is 24.2 Å². The van der Waals surface area contributed by atoms with E-state index in [2.05, 4.69) is 34.9 Å². The smallest absolute Gasteiger partial charge is 0.407 e. The number of carbonyl (C=O) groups is 3. The number of amides is 2. The van der Waals surface area contributed by atoms with Gasteiger partial charge in [0.1, 0.15) is 6.61 Å². The standard InChI is InChI=1S/C24H24N2O5/c27-22(28)10-5-11-25-23(29)20-12-15(20)13-26-24(30)31-14-21-18-8-3-1-6-16(18)17-7-2-4-9-19(17)21/h1-10,15,20-21H,11-14H2,(H,25,29)(H,26,30)(H,27,28)/b10-5+. The molecule has 2 aliphatic rings. The predicted molar refractivity (Wildman–Crippen MR) is 114 cm³/mol. The summed E-state index contributed by atoms with van der Waals surface area (Å²) in [7, 11) is 0. The Kier molecular flexibility index (Phi) is 6.02. The van der Waals surface area contributed by atoms with Gasteiger partial charge in [-0.1, -0.05) is 54.6 Å². The van der Waals surface area contributed by atoms with E-state index in [0.717, 1.165) is 17.2 Å². The first-order chi connectivity index (χ1) is 15.0. The minimum Gasteiger partial charge on any atom is -0.478 e. The molecule has 2 unspecified atom stereocenters. The van der Waals surface area contributed by atoms with E-state index in [0.29, 0.717) is 13.0 Å². The molecule has 2 aliphatic carbocycles. The molecule has 0 spiro atoms. The Morgan fingerprint density at radius 2 is 1.65 bits per heavy atom. The molecular formula is C24H24N2O5. The van der Waals surface area contributed by atoms with Crippen LogP contribution in [0.2, 0.25) is 0 Å². The molecular weight excluding hydrogens is 396 g/mol. The topological polar surface area (TPSA) is 105 Å². The lowest BCUT2D eigenvalue weighted by atomic mass is 9.98. The van der Waals surface area contributed by atoms with Gasteiger partial charge in [0.2, 0.25) is 5.91 Å². The average Bonchev–Trinajstić information content (AvgIpc) is 3.49. The fraction of sp³-hybridized carbons (Fsp3) is 0.292. The van der Waals surface area contributed by atoms with Crippen LogP contribution in [-0.4, -0.2) is 42.8 Å². The van der Waals surface area contributed by atoms with E-state index in [1.165, 1.54) is 17.2 Å². The minimum absolute atomic E-state index is 0.0106. The van der Waals surface area contributed by atoms with Gasteiger partial charge >= 0.3 is 12.1 Å². The van der Waals surface area contributed by atoms with Crippen molar-refractivity contribution in [3.63, 3.8) is 0 Å². The Morgan fingerprint density at radius 1 is 1.00 bits per heavy atom. The molecule has 0 radical (unpaired) electrons. The molecule has 2 amide bonds. The summed E-state index contributed by atoms with van der Waals surface area (Å²) >= 11 is 0. The molecule has 0 saturated heterocycles. The van der Waals surface area contributed by atoms with Crippen LogP contribution in [0.5, 0.6) is 0 Å². The summed E-state index contributed by atoms with van der Waals surface area (Å²) in [5.41, 5.74) is 4.68. The third kappa shape index (κ3) is 4.77. The van der Waals surface area contributed by atoms with Crippen LogP contribution in [0.25, 0.3) is 11.1 Å². The van der Waals surface area contributed by atoms with E-state index >= 15 is 0 Å². The number of carbonyl (C=O) groups excluding carboxylic acids is 2. The Hall–Kier alpha value is -3.61. The Bertz CT molecular complexity index is 987. The van der Waals surface area contributed by atoms with Crippen LogP contribution in [-0.2, 0) is 14.3 Å². The average molecular weight is 420 g/mol. The monoisotopic (exact) mass is 420 g/mol. The van der Waals surface area contributed by atoms with Gasteiger partial charge in [0.05, 0.1) is 0 Å². The van der Waals surface area contributed by atoms with Crippen molar-refractivity contribution in [1.29, 1.82) is 0 Å². The fourth-order valence-corrected chi connectivity index (χ4v) is 4.11. The zero-order valence-corrected chi connectivity index (χ0v) is 16.9. The summed E-state index contributed by atoms with van der Waals surface area (Å²) in [6, 6.07) is 16.3. The molecule has 7 heteroatoms. The van der Waals surface area contributed by atoms with Crippen LogP contribution < -0.4 is 10.6 Å². The maximum atomic E-state index is 12.2. The number of nitrogens with one attached hydrogen (secondary N) is 2. The van der Waals surface area contributed by atoms with E-state index in [4.69, 9.17) is 9.84 Å². The maximum absolute atomic E-state index is 12.2. The quantitative estimate of drug-likeness (QED) is 0.570. The molecule has 0 heterocycles. The van der Waals surface area contributed by atoms with Crippen molar-refractivity contribution in [1.82, 2.24) is 10.6 Å². The number of ether oxygens (including phenoxy) is 1. The number of benzene rings is 2. The third-order valence-corrected chi connectivity index (χ3v) is 5.77. The van der Waals surface area contributed by atoms with Gasteiger partial charge in [-0.3, -0.25) is 4.79 Å². The van der Waals surface area contributed by atoms with Gasteiger partial charge in [0, 0.05) is 31.0 Å². The Labute approximate surface area is 180 Å². The number of hydrogen-bond acceptors (Lipinski definition) is 4. The second-order valence-electron chi connectivity index (χ2n) is 7.79. The lowest BCUT2D eigenvalue weighted by molar-refractivity contribution is -0.131. The van der Waals surface area contributed by atoms with E-state index in [-0.39, 0.29) is 36.8 Å². The highest BCUT2D eigenvalue weighted by Crippen LogP contribution is 2.44. The molecule has 31 heavy (non-hydrogen) atoms. The summed E-state index contributed by atoms with van der Waals surface area (Å²) in [6.45, 7) is 0.804. The van der Waals surface area contributed by atoms with Gasteiger partial charge in [-0.25, -0.2) is 9.59 Å². The molecule has 4 rings (SSSR count). The molecule has 7 nitrogen and oxygen atoms in total. The van der Waals surface area contributed by atoms with Crippen LogP contribution in [0.1, 0.15) is 23.5 Å². The van der Waals surface area contributed by atoms with Crippen molar-refractivity contribution in [2.24, 2.45) is 11.8 Å². The largest absolute Gasteiger partial charge is 0.478 e. The molecule has 2 aromatic rings. The van der Waals surface area contributed by atoms with Crippen molar-refractivity contribution >= 4 is 18.0 Å². The molecule has 1 saturated carbocycles. The summed E-state index contributed by atoms with van der Waals surface area (Å²) in [5, 5.41) is 13.9. The van der Waals surface area contributed by atoms with Crippen molar-refractivity contribution in [3.05, 3.63) is 71.8 Å². The molecule has 1 fully saturated rings. The van der Waals surface area contributed by atoms with Gasteiger partial charge in [0.25, 0.3) is 0 Å². The summed E-state index contributed by atoms with van der Waals surface area (Å²) in [6.07, 6.45) is 2.57. The van der Waals surface area contributed by atoms with Crippen LogP contribution in [0.15, 0.2) is 60.7 Å². The van der Waals surface area contributed by atoms with Gasteiger partial charge in [-0.15, -0.1) is 0 Å². The van der Waals surface area contributed by atoms with Crippen molar-refractivity contribution in [2.45, 2.75) is 12.3 Å². The molecule has 2 atom stereocenters. The van der Waals surface area contributed by atoms with Crippen molar-refractivity contribution in [3.8, 4) is 11.1 Å². The van der Waals surface area contributed by atoms with Gasteiger partial charge in [-0.05, 0) is 34.6 Å².